The van der Waals surface area contributed by atoms with E-state index in [0.29, 0.717) is 24.0 Å². The second-order valence-electron chi connectivity index (χ2n) is 7.13. The van der Waals surface area contributed by atoms with Crippen LogP contribution in [0.25, 0.3) is 0 Å². The molecule has 1 saturated carbocycles. The van der Waals surface area contributed by atoms with Crippen molar-refractivity contribution in [3.05, 3.63) is 35.4 Å². The van der Waals surface area contributed by atoms with Gasteiger partial charge in [0.25, 0.3) is 11.8 Å². The van der Waals surface area contributed by atoms with Gasteiger partial charge in [-0.25, -0.2) is 0 Å². The summed E-state index contributed by atoms with van der Waals surface area (Å²) in [4.78, 5) is 25.9. The average molecular weight is 287 g/mol. The van der Waals surface area contributed by atoms with Gasteiger partial charge in [0.2, 0.25) is 0 Å². The van der Waals surface area contributed by atoms with E-state index >= 15 is 0 Å². The lowest BCUT2D eigenvalue weighted by Crippen LogP contribution is -2.48. The molecular weight excluding hydrogens is 266 g/mol. The molecule has 4 nitrogen and oxygen atoms in total. The van der Waals surface area contributed by atoms with Gasteiger partial charge in [0, 0.05) is 0 Å². The third-order valence-corrected chi connectivity index (χ3v) is 4.86. The van der Waals surface area contributed by atoms with Gasteiger partial charge in [-0.3, -0.25) is 14.5 Å². The number of hydrogen-bond acceptors (Lipinski definition) is 3. The maximum absolute atomic E-state index is 12.3. The van der Waals surface area contributed by atoms with E-state index in [4.69, 9.17) is 0 Å². The predicted molar refractivity (Wildman–Crippen MR) is 79.0 cm³/mol. The van der Waals surface area contributed by atoms with Crippen LogP contribution in [-0.2, 0) is 0 Å². The van der Waals surface area contributed by atoms with E-state index < -0.39 is 5.60 Å². The highest BCUT2D eigenvalue weighted by molar-refractivity contribution is 6.21. The lowest BCUT2D eigenvalue weighted by Gasteiger charge is -2.41. The van der Waals surface area contributed by atoms with E-state index in [1.807, 2.05) is 0 Å². The van der Waals surface area contributed by atoms with Crippen molar-refractivity contribution in [3.63, 3.8) is 0 Å². The molecule has 1 heterocycles. The number of amides is 2. The highest BCUT2D eigenvalue weighted by atomic mass is 16.3. The van der Waals surface area contributed by atoms with Crippen molar-refractivity contribution in [1.29, 1.82) is 0 Å². The zero-order valence-electron chi connectivity index (χ0n) is 12.6. The van der Waals surface area contributed by atoms with E-state index in [2.05, 4.69) is 13.8 Å². The quantitative estimate of drug-likeness (QED) is 0.851. The molecule has 2 amide bonds. The smallest absolute Gasteiger partial charge is 0.261 e. The van der Waals surface area contributed by atoms with Gasteiger partial charge in [-0.15, -0.1) is 0 Å². The summed E-state index contributed by atoms with van der Waals surface area (Å²) in [7, 11) is 0. The number of aliphatic hydroxyl groups is 1. The fraction of sp³-hybridized carbons (Fsp3) is 0.529. The van der Waals surface area contributed by atoms with Gasteiger partial charge in [0.15, 0.2) is 0 Å². The number of nitrogens with zero attached hydrogens (tertiary/aromatic N) is 1. The van der Waals surface area contributed by atoms with Crippen molar-refractivity contribution in [2.45, 2.75) is 45.1 Å². The van der Waals surface area contributed by atoms with E-state index in [-0.39, 0.29) is 23.8 Å². The monoisotopic (exact) mass is 287 g/mol. The standard InChI is InChI=1S/C17H21NO3/c1-16(2)7-9-17(21,10-8-16)11-18-14(19)12-5-3-4-6-13(12)15(18)20/h3-6,21H,7-11H2,1-2H3. The summed E-state index contributed by atoms with van der Waals surface area (Å²) in [5, 5.41) is 10.7. The highest BCUT2D eigenvalue weighted by Crippen LogP contribution is 2.41. The summed E-state index contributed by atoms with van der Waals surface area (Å²) in [5.74, 6) is -0.567. The summed E-state index contributed by atoms with van der Waals surface area (Å²) in [5.41, 5.74) is 0.182. The molecule has 4 heteroatoms. The summed E-state index contributed by atoms with van der Waals surface area (Å²) in [6, 6.07) is 6.85. The number of carbonyl (C=O) groups is 2. The summed E-state index contributed by atoms with van der Waals surface area (Å²) in [6.07, 6.45) is 3.08. The van der Waals surface area contributed by atoms with Crippen molar-refractivity contribution in [1.82, 2.24) is 4.90 Å². The number of carbonyl (C=O) groups excluding carboxylic acids is 2. The number of fused-ring (bicyclic) bond motifs is 1. The molecular formula is C17H21NO3. The van der Waals surface area contributed by atoms with Crippen LogP contribution in [0.15, 0.2) is 24.3 Å². The maximum Gasteiger partial charge on any atom is 0.261 e. The number of rotatable bonds is 2. The van der Waals surface area contributed by atoms with Crippen LogP contribution in [0, 0.1) is 5.41 Å². The second-order valence-corrected chi connectivity index (χ2v) is 7.13. The van der Waals surface area contributed by atoms with Gasteiger partial charge < -0.3 is 5.11 Å². The zero-order valence-corrected chi connectivity index (χ0v) is 12.6. The van der Waals surface area contributed by atoms with Crippen molar-refractivity contribution >= 4 is 11.8 Å². The van der Waals surface area contributed by atoms with Crippen molar-refractivity contribution in [3.8, 4) is 0 Å². The van der Waals surface area contributed by atoms with Crippen LogP contribution in [0.4, 0.5) is 0 Å². The van der Waals surface area contributed by atoms with Crippen LogP contribution in [0.5, 0.6) is 0 Å². The van der Waals surface area contributed by atoms with Gasteiger partial charge in [-0.1, -0.05) is 26.0 Å². The molecule has 0 aromatic heterocycles. The molecule has 112 valence electrons. The van der Waals surface area contributed by atoms with Crippen LogP contribution >= 0.6 is 0 Å². The number of benzene rings is 1. The zero-order chi connectivity index (χ0) is 15.3. The SMILES string of the molecule is CC1(C)CCC(O)(CN2C(=O)c3ccccc3C2=O)CC1. The lowest BCUT2D eigenvalue weighted by molar-refractivity contribution is -0.0405. The van der Waals surface area contributed by atoms with Crippen molar-refractivity contribution < 1.29 is 14.7 Å². The molecule has 1 aromatic carbocycles. The normalized spacial score (nSPS) is 23.3. The molecule has 0 unspecified atom stereocenters. The van der Waals surface area contributed by atoms with Gasteiger partial charge >= 0.3 is 0 Å². The Hall–Kier alpha value is -1.68. The first-order valence-corrected chi connectivity index (χ1v) is 7.49. The van der Waals surface area contributed by atoms with Crippen LogP contribution in [0.1, 0.15) is 60.2 Å². The number of hydrogen-bond donors (Lipinski definition) is 1. The molecule has 1 aliphatic heterocycles. The molecule has 0 spiro atoms. The molecule has 2 aliphatic rings. The fourth-order valence-electron chi connectivity index (χ4n) is 3.23. The first kappa shape index (κ1) is 14.3. The third kappa shape index (κ3) is 2.48. The van der Waals surface area contributed by atoms with Gasteiger partial charge in [0.1, 0.15) is 0 Å². The minimum absolute atomic E-state index is 0.107. The number of imide groups is 1. The molecule has 0 saturated heterocycles. The highest BCUT2D eigenvalue weighted by Gasteiger charge is 2.43. The van der Waals surface area contributed by atoms with Crippen LogP contribution < -0.4 is 0 Å². The lowest BCUT2D eigenvalue weighted by atomic mass is 9.71. The molecule has 0 bridgehead atoms. The second kappa shape index (κ2) is 4.67. The Morgan fingerprint density at radius 1 is 1.00 bits per heavy atom. The van der Waals surface area contributed by atoms with E-state index in [1.165, 1.54) is 4.90 Å². The molecule has 1 aromatic rings. The number of β-amino-alcohol motifs (C(OH)–C–C–N with tert-alkyl or cyclic N) is 1. The molecule has 3 rings (SSSR count). The summed E-state index contributed by atoms with van der Waals surface area (Å²) in [6.45, 7) is 4.48. The van der Waals surface area contributed by atoms with Gasteiger partial charge in [-0.05, 0) is 43.2 Å². The van der Waals surface area contributed by atoms with Crippen LogP contribution in [0.3, 0.4) is 0 Å². The van der Waals surface area contributed by atoms with Crippen LogP contribution in [-0.4, -0.2) is 34.0 Å². The van der Waals surface area contributed by atoms with E-state index in [0.717, 1.165) is 12.8 Å². The Morgan fingerprint density at radius 3 is 1.95 bits per heavy atom. The molecule has 0 atom stereocenters. The average Bonchev–Trinajstić information content (AvgIpc) is 2.69. The molecule has 0 radical (unpaired) electrons. The molecule has 21 heavy (non-hydrogen) atoms. The van der Waals surface area contributed by atoms with Gasteiger partial charge in [0.05, 0.1) is 23.3 Å². The van der Waals surface area contributed by atoms with Gasteiger partial charge in [-0.2, -0.15) is 0 Å². The van der Waals surface area contributed by atoms with Crippen molar-refractivity contribution in [2.24, 2.45) is 5.41 Å². The summed E-state index contributed by atoms with van der Waals surface area (Å²) < 4.78 is 0. The third-order valence-electron chi connectivity index (χ3n) is 4.86. The Kier molecular flexibility index (Phi) is 3.17. The minimum atomic E-state index is -0.942. The minimum Gasteiger partial charge on any atom is -0.388 e. The predicted octanol–water partition coefficient (Wildman–Crippen LogP) is 2.61. The summed E-state index contributed by atoms with van der Waals surface area (Å²) >= 11 is 0. The molecule has 1 aliphatic carbocycles. The Morgan fingerprint density at radius 2 is 1.48 bits per heavy atom. The Balaban J connectivity index is 1.78. The maximum atomic E-state index is 12.3. The Labute approximate surface area is 124 Å². The largest absolute Gasteiger partial charge is 0.388 e. The molecule has 1 N–H and O–H groups in total. The first-order valence-electron chi connectivity index (χ1n) is 7.49. The topological polar surface area (TPSA) is 57.6 Å². The van der Waals surface area contributed by atoms with Crippen LogP contribution in [0.2, 0.25) is 0 Å². The van der Waals surface area contributed by atoms with E-state index in [9.17, 15) is 14.7 Å². The van der Waals surface area contributed by atoms with E-state index in [1.54, 1.807) is 24.3 Å². The van der Waals surface area contributed by atoms with Crippen molar-refractivity contribution in [2.75, 3.05) is 6.54 Å². The Bertz CT molecular complexity index is 561. The molecule has 1 fully saturated rings. The first-order chi connectivity index (χ1) is 9.81. The fourth-order valence-corrected chi connectivity index (χ4v) is 3.23.